The van der Waals surface area contributed by atoms with Crippen molar-refractivity contribution in [3.8, 4) is 11.3 Å². The van der Waals surface area contributed by atoms with Crippen LogP contribution in [0.4, 0.5) is 0 Å². The first-order valence-electron chi connectivity index (χ1n) is 6.93. The molecule has 0 fully saturated rings. The summed E-state index contributed by atoms with van der Waals surface area (Å²) in [6.45, 7) is 4.84. The first-order valence-corrected chi connectivity index (χ1v) is 6.93. The monoisotopic (exact) mass is 268 g/mol. The highest BCUT2D eigenvalue weighted by atomic mass is 15.1. The van der Waals surface area contributed by atoms with Crippen molar-refractivity contribution < 1.29 is 0 Å². The van der Waals surface area contributed by atoms with Crippen LogP contribution in [0.3, 0.4) is 0 Å². The van der Waals surface area contributed by atoms with Crippen LogP contribution in [0.5, 0.6) is 0 Å². The summed E-state index contributed by atoms with van der Waals surface area (Å²) in [7, 11) is 2.06. The minimum atomic E-state index is 0.622. The van der Waals surface area contributed by atoms with Gasteiger partial charge in [0.15, 0.2) is 0 Å². The summed E-state index contributed by atoms with van der Waals surface area (Å²) in [5, 5.41) is 1.23. The van der Waals surface area contributed by atoms with E-state index in [1.165, 1.54) is 16.6 Å². The average Bonchev–Trinajstić information content (AvgIpc) is 2.90. The third-order valence-electron chi connectivity index (χ3n) is 3.97. The predicted molar refractivity (Wildman–Crippen MR) is 82.7 cm³/mol. The minimum Gasteiger partial charge on any atom is -0.358 e. The number of para-hydroxylation sites is 1. The standard InChI is InChI=1S/C16H20N4/c1-10-15(12-6-4-5-7-13(12)18-10)16-11(2)20(3)14(19-16)8-9-17/h4-7,18H,8-9,17H2,1-3H3. The Hall–Kier alpha value is -2.07. The van der Waals surface area contributed by atoms with Gasteiger partial charge in [-0.05, 0) is 26.5 Å². The second-order valence-electron chi connectivity index (χ2n) is 5.23. The molecule has 4 heteroatoms. The van der Waals surface area contributed by atoms with Gasteiger partial charge < -0.3 is 15.3 Å². The normalized spacial score (nSPS) is 11.4. The van der Waals surface area contributed by atoms with Gasteiger partial charge in [-0.25, -0.2) is 4.98 Å². The molecule has 0 spiro atoms. The molecule has 0 atom stereocenters. The van der Waals surface area contributed by atoms with Gasteiger partial charge >= 0.3 is 0 Å². The van der Waals surface area contributed by atoms with Crippen LogP contribution in [0.25, 0.3) is 22.2 Å². The molecule has 0 unspecified atom stereocenters. The van der Waals surface area contributed by atoms with E-state index in [4.69, 9.17) is 10.7 Å². The smallest absolute Gasteiger partial charge is 0.110 e. The van der Waals surface area contributed by atoms with Crippen LogP contribution in [0.1, 0.15) is 17.2 Å². The Morgan fingerprint density at radius 3 is 2.75 bits per heavy atom. The Kier molecular flexibility index (Phi) is 3.10. The number of benzene rings is 1. The lowest BCUT2D eigenvalue weighted by Crippen LogP contribution is -2.08. The van der Waals surface area contributed by atoms with E-state index in [2.05, 4.69) is 48.6 Å². The van der Waals surface area contributed by atoms with Gasteiger partial charge in [0, 0.05) is 41.3 Å². The molecule has 1 aromatic carbocycles. The van der Waals surface area contributed by atoms with Crippen LogP contribution in [-0.4, -0.2) is 21.1 Å². The van der Waals surface area contributed by atoms with Gasteiger partial charge in [0.05, 0.1) is 5.69 Å². The van der Waals surface area contributed by atoms with E-state index in [1.807, 2.05) is 6.07 Å². The lowest BCUT2D eigenvalue weighted by Gasteiger charge is -2.01. The van der Waals surface area contributed by atoms with Crippen LogP contribution >= 0.6 is 0 Å². The Balaban J connectivity index is 2.26. The molecule has 4 nitrogen and oxygen atoms in total. The second kappa shape index (κ2) is 4.80. The van der Waals surface area contributed by atoms with Crippen molar-refractivity contribution >= 4 is 10.9 Å². The molecule has 3 N–H and O–H groups in total. The Bertz CT molecular complexity index is 764. The number of hydrogen-bond donors (Lipinski definition) is 2. The number of fused-ring (bicyclic) bond motifs is 1. The Morgan fingerprint density at radius 1 is 1.25 bits per heavy atom. The van der Waals surface area contributed by atoms with E-state index in [9.17, 15) is 0 Å². The zero-order chi connectivity index (χ0) is 14.3. The molecular formula is C16H20N4. The van der Waals surface area contributed by atoms with Crippen LogP contribution in [-0.2, 0) is 13.5 Å². The van der Waals surface area contributed by atoms with Crippen molar-refractivity contribution in [2.24, 2.45) is 12.8 Å². The summed E-state index contributed by atoms with van der Waals surface area (Å²) in [6, 6.07) is 8.36. The first kappa shape index (κ1) is 12.9. The van der Waals surface area contributed by atoms with Crippen molar-refractivity contribution in [3.05, 3.63) is 41.5 Å². The molecule has 0 radical (unpaired) electrons. The van der Waals surface area contributed by atoms with Gasteiger partial charge in [0.2, 0.25) is 0 Å². The number of rotatable bonds is 3. The average molecular weight is 268 g/mol. The predicted octanol–water partition coefficient (Wildman–Crippen LogP) is 2.69. The van der Waals surface area contributed by atoms with Gasteiger partial charge in [-0.3, -0.25) is 0 Å². The fraction of sp³-hybridized carbons (Fsp3) is 0.312. The van der Waals surface area contributed by atoms with Gasteiger partial charge in [0.1, 0.15) is 5.82 Å². The minimum absolute atomic E-state index is 0.622. The van der Waals surface area contributed by atoms with E-state index in [-0.39, 0.29) is 0 Å². The molecule has 0 aliphatic rings. The third kappa shape index (κ3) is 1.84. The van der Waals surface area contributed by atoms with E-state index in [1.54, 1.807) is 0 Å². The first-order chi connectivity index (χ1) is 9.63. The number of H-pyrrole nitrogens is 1. The number of aryl methyl sites for hydroxylation is 1. The summed E-state index contributed by atoms with van der Waals surface area (Å²) in [5.41, 5.74) is 11.4. The summed E-state index contributed by atoms with van der Waals surface area (Å²) in [4.78, 5) is 8.25. The molecule has 0 saturated heterocycles. The maximum absolute atomic E-state index is 5.67. The molecular weight excluding hydrogens is 248 g/mol. The summed E-state index contributed by atoms with van der Waals surface area (Å²) < 4.78 is 2.14. The molecule has 20 heavy (non-hydrogen) atoms. The lowest BCUT2D eigenvalue weighted by molar-refractivity contribution is 0.761. The number of nitrogens with one attached hydrogen (secondary N) is 1. The highest BCUT2D eigenvalue weighted by molar-refractivity contribution is 5.97. The molecule has 2 heterocycles. The molecule has 0 aliphatic carbocycles. The maximum Gasteiger partial charge on any atom is 0.110 e. The molecule has 0 amide bonds. The summed E-state index contributed by atoms with van der Waals surface area (Å²) >= 11 is 0. The van der Waals surface area contributed by atoms with Crippen molar-refractivity contribution in [2.75, 3.05) is 6.54 Å². The number of nitrogens with zero attached hydrogens (tertiary/aromatic N) is 2. The maximum atomic E-state index is 5.67. The molecule has 3 rings (SSSR count). The highest BCUT2D eigenvalue weighted by Crippen LogP contribution is 2.33. The summed E-state index contributed by atoms with van der Waals surface area (Å²) in [5.74, 6) is 1.05. The van der Waals surface area contributed by atoms with E-state index >= 15 is 0 Å². The number of aromatic nitrogens is 3. The van der Waals surface area contributed by atoms with Crippen molar-refractivity contribution in [2.45, 2.75) is 20.3 Å². The van der Waals surface area contributed by atoms with E-state index in [0.717, 1.165) is 29.1 Å². The topological polar surface area (TPSA) is 59.6 Å². The summed E-state index contributed by atoms with van der Waals surface area (Å²) in [6.07, 6.45) is 0.804. The Labute approximate surface area is 118 Å². The largest absolute Gasteiger partial charge is 0.358 e. The second-order valence-corrected chi connectivity index (χ2v) is 5.23. The Morgan fingerprint density at radius 2 is 2.00 bits per heavy atom. The van der Waals surface area contributed by atoms with Crippen LogP contribution in [0.15, 0.2) is 24.3 Å². The van der Waals surface area contributed by atoms with Crippen LogP contribution in [0, 0.1) is 13.8 Å². The number of aromatic amines is 1. The molecule has 2 aromatic heterocycles. The number of nitrogens with two attached hydrogens (primary N) is 1. The van der Waals surface area contributed by atoms with Gasteiger partial charge in [-0.2, -0.15) is 0 Å². The van der Waals surface area contributed by atoms with Crippen molar-refractivity contribution in [3.63, 3.8) is 0 Å². The quantitative estimate of drug-likeness (QED) is 0.767. The van der Waals surface area contributed by atoms with Gasteiger partial charge in [-0.1, -0.05) is 18.2 Å². The fourth-order valence-electron chi connectivity index (χ4n) is 2.81. The van der Waals surface area contributed by atoms with E-state index in [0.29, 0.717) is 6.54 Å². The van der Waals surface area contributed by atoms with Gasteiger partial charge in [-0.15, -0.1) is 0 Å². The van der Waals surface area contributed by atoms with Crippen molar-refractivity contribution in [1.29, 1.82) is 0 Å². The van der Waals surface area contributed by atoms with Crippen LogP contribution in [0.2, 0.25) is 0 Å². The van der Waals surface area contributed by atoms with E-state index < -0.39 is 0 Å². The molecule has 0 aliphatic heterocycles. The SMILES string of the molecule is Cc1[nH]c2ccccc2c1-c1nc(CCN)n(C)c1C. The van der Waals surface area contributed by atoms with Crippen LogP contribution < -0.4 is 5.73 Å². The lowest BCUT2D eigenvalue weighted by atomic mass is 10.1. The zero-order valence-electron chi connectivity index (χ0n) is 12.2. The highest BCUT2D eigenvalue weighted by Gasteiger charge is 2.18. The molecule has 104 valence electrons. The molecule has 3 aromatic rings. The fourth-order valence-corrected chi connectivity index (χ4v) is 2.81. The number of imidazole rings is 1. The number of hydrogen-bond acceptors (Lipinski definition) is 2. The third-order valence-corrected chi connectivity index (χ3v) is 3.97. The molecule has 0 bridgehead atoms. The molecule has 0 saturated carbocycles. The van der Waals surface area contributed by atoms with Gasteiger partial charge in [0.25, 0.3) is 0 Å². The zero-order valence-corrected chi connectivity index (χ0v) is 12.2. The van der Waals surface area contributed by atoms with Crippen molar-refractivity contribution in [1.82, 2.24) is 14.5 Å².